The third kappa shape index (κ3) is 3.26. The molecule has 1 unspecified atom stereocenters. The topological polar surface area (TPSA) is 61.8 Å². The van der Waals surface area contributed by atoms with E-state index >= 15 is 0 Å². The number of amides is 1. The molecular formula is C25H26N2O3. The molecule has 154 valence electrons. The highest BCUT2D eigenvalue weighted by Crippen LogP contribution is 2.48. The summed E-state index contributed by atoms with van der Waals surface area (Å²) in [4.78, 5) is 11.8. The summed E-state index contributed by atoms with van der Waals surface area (Å²) in [5, 5.41) is 11.9. The number of nitrogens with one attached hydrogen (secondary N) is 1. The van der Waals surface area contributed by atoms with E-state index in [1.807, 2.05) is 82.3 Å². The maximum Gasteiger partial charge on any atom is 0.232 e. The van der Waals surface area contributed by atoms with Gasteiger partial charge in [0, 0.05) is 12.0 Å². The standard InChI is InChI=1S/C25H26N2O3/c1-16-17(2)24-22(18(3)23(16)29)14-25(4,30-24)19-9-8-12-21(13-19)27(15-28)26-20-10-6-5-7-11-20/h5-13,15,26,29H,14H2,1-4H3. The van der Waals surface area contributed by atoms with Crippen LogP contribution in [0.1, 0.15) is 34.7 Å². The third-order valence-electron chi connectivity index (χ3n) is 6.05. The average Bonchev–Trinajstić information content (AvgIpc) is 3.14. The Hall–Kier alpha value is -3.47. The van der Waals surface area contributed by atoms with Crippen LogP contribution >= 0.6 is 0 Å². The highest BCUT2D eigenvalue weighted by Gasteiger charge is 2.39. The van der Waals surface area contributed by atoms with Gasteiger partial charge in [-0.1, -0.05) is 30.3 Å². The molecule has 2 N–H and O–H groups in total. The number of hydrazine groups is 1. The zero-order chi connectivity index (χ0) is 21.5. The minimum Gasteiger partial charge on any atom is -0.507 e. The van der Waals surface area contributed by atoms with Gasteiger partial charge in [0.25, 0.3) is 0 Å². The summed E-state index contributed by atoms with van der Waals surface area (Å²) in [7, 11) is 0. The number of carbonyl (C=O) groups excluding carboxylic acids is 1. The number of anilines is 2. The van der Waals surface area contributed by atoms with Crippen molar-refractivity contribution in [3.63, 3.8) is 0 Å². The van der Waals surface area contributed by atoms with Gasteiger partial charge in [0.1, 0.15) is 17.1 Å². The highest BCUT2D eigenvalue weighted by molar-refractivity contribution is 5.79. The number of phenols is 1. The molecule has 5 nitrogen and oxygen atoms in total. The first-order chi connectivity index (χ1) is 14.3. The van der Waals surface area contributed by atoms with E-state index in [2.05, 4.69) is 5.43 Å². The van der Waals surface area contributed by atoms with Crippen molar-refractivity contribution in [1.29, 1.82) is 0 Å². The highest BCUT2D eigenvalue weighted by atomic mass is 16.5. The Morgan fingerprint density at radius 1 is 1.03 bits per heavy atom. The number of ether oxygens (including phenoxy) is 1. The molecule has 3 aromatic carbocycles. The number of rotatable bonds is 5. The minimum absolute atomic E-state index is 0.340. The number of hydrogen-bond donors (Lipinski definition) is 2. The normalized spacial score (nSPS) is 17.2. The van der Waals surface area contributed by atoms with Crippen LogP contribution < -0.4 is 15.2 Å². The van der Waals surface area contributed by atoms with Gasteiger partial charge >= 0.3 is 0 Å². The summed E-state index contributed by atoms with van der Waals surface area (Å²) < 4.78 is 6.48. The zero-order valence-electron chi connectivity index (χ0n) is 17.7. The summed E-state index contributed by atoms with van der Waals surface area (Å²) >= 11 is 0. The van der Waals surface area contributed by atoms with Gasteiger partial charge in [-0.3, -0.25) is 10.2 Å². The Morgan fingerprint density at radius 2 is 1.77 bits per heavy atom. The van der Waals surface area contributed by atoms with Gasteiger partial charge in [0.2, 0.25) is 6.41 Å². The Kier molecular flexibility index (Phi) is 4.90. The lowest BCUT2D eigenvalue weighted by molar-refractivity contribution is -0.107. The van der Waals surface area contributed by atoms with Crippen LogP contribution in [-0.2, 0) is 16.8 Å². The molecule has 0 saturated carbocycles. The summed E-state index contributed by atoms with van der Waals surface area (Å²) in [6.07, 6.45) is 1.41. The van der Waals surface area contributed by atoms with Crippen molar-refractivity contribution in [3.05, 3.63) is 82.4 Å². The van der Waals surface area contributed by atoms with E-state index < -0.39 is 5.60 Å². The number of benzene rings is 3. The SMILES string of the molecule is Cc1c(C)c2c(c(C)c1O)CC(C)(c1cccc(N(C=O)Nc3ccccc3)c1)O2. The van der Waals surface area contributed by atoms with Gasteiger partial charge in [-0.15, -0.1) is 0 Å². The predicted molar refractivity (Wildman–Crippen MR) is 119 cm³/mol. The third-order valence-corrected chi connectivity index (χ3v) is 6.05. The van der Waals surface area contributed by atoms with E-state index in [0.717, 1.165) is 51.4 Å². The second kappa shape index (κ2) is 7.41. The Balaban J connectivity index is 1.68. The molecule has 3 aromatic rings. The minimum atomic E-state index is -0.588. The van der Waals surface area contributed by atoms with Crippen molar-refractivity contribution in [2.24, 2.45) is 0 Å². The van der Waals surface area contributed by atoms with E-state index in [1.165, 1.54) is 5.01 Å². The van der Waals surface area contributed by atoms with Gasteiger partial charge in [-0.2, -0.15) is 0 Å². The molecular weight excluding hydrogens is 376 g/mol. The largest absolute Gasteiger partial charge is 0.507 e. The van der Waals surface area contributed by atoms with Crippen LogP contribution in [0.3, 0.4) is 0 Å². The van der Waals surface area contributed by atoms with Gasteiger partial charge in [-0.05, 0) is 74.2 Å². The maximum atomic E-state index is 11.8. The first-order valence-corrected chi connectivity index (χ1v) is 10.0. The smallest absolute Gasteiger partial charge is 0.232 e. The van der Waals surface area contributed by atoms with E-state index in [1.54, 1.807) is 0 Å². The molecule has 5 heteroatoms. The number of nitrogens with zero attached hydrogens (tertiary/aromatic N) is 1. The quantitative estimate of drug-likeness (QED) is 0.457. The lowest BCUT2D eigenvalue weighted by atomic mass is 9.88. The lowest BCUT2D eigenvalue weighted by Gasteiger charge is -2.27. The van der Waals surface area contributed by atoms with Crippen LogP contribution in [0.5, 0.6) is 11.5 Å². The van der Waals surface area contributed by atoms with E-state index in [-0.39, 0.29) is 0 Å². The summed E-state index contributed by atoms with van der Waals surface area (Å²) in [5.74, 6) is 1.19. The fourth-order valence-corrected chi connectivity index (χ4v) is 4.07. The lowest BCUT2D eigenvalue weighted by Crippen LogP contribution is -2.30. The zero-order valence-corrected chi connectivity index (χ0v) is 17.7. The van der Waals surface area contributed by atoms with Crippen molar-refractivity contribution < 1.29 is 14.6 Å². The summed E-state index contributed by atoms with van der Waals surface area (Å²) in [5.41, 5.74) is 8.76. The molecule has 1 aliphatic rings. The maximum absolute atomic E-state index is 11.8. The number of carbonyl (C=O) groups is 1. The van der Waals surface area contributed by atoms with Crippen LogP contribution in [-0.4, -0.2) is 11.5 Å². The molecule has 4 rings (SSSR count). The average molecular weight is 402 g/mol. The van der Waals surface area contributed by atoms with E-state index in [4.69, 9.17) is 4.74 Å². The predicted octanol–water partition coefficient (Wildman–Crippen LogP) is 5.16. The van der Waals surface area contributed by atoms with E-state index in [9.17, 15) is 9.90 Å². The molecule has 0 bridgehead atoms. The fourth-order valence-electron chi connectivity index (χ4n) is 4.07. The molecule has 0 fully saturated rings. The molecule has 0 aromatic heterocycles. The second-order valence-electron chi connectivity index (χ2n) is 8.04. The van der Waals surface area contributed by atoms with Crippen molar-refractivity contribution in [3.8, 4) is 11.5 Å². The van der Waals surface area contributed by atoms with Gasteiger partial charge < -0.3 is 9.84 Å². The van der Waals surface area contributed by atoms with Crippen LogP contribution in [0.15, 0.2) is 54.6 Å². The van der Waals surface area contributed by atoms with Crippen molar-refractivity contribution in [1.82, 2.24) is 0 Å². The van der Waals surface area contributed by atoms with Crippen molar-refractivity contribution in [2.45, 2.75) is 39.7 Å². The first-order valence-electron chi connectivity index (χ1n) is 10.0. The number of fused-ring (bicyclic) bond motifs is 1. The van der Waals surface area contributed by atoms with Crippen LogP contribution in [0, 0.1) is 20.8 Å². The number of aromatic hydroxyl groups is 1. The molecule has 1 heterocycles. The van der Waals surface area contributed by atoms with Gasteiger partial charge in [-0.25, -0.2) is 5.01 Å². The summed E-state index contributed by atoms with van der Waals surface area (Å²) in [6, 6.07) is 17.3. The molecule has 0 aliphatic carbocycles. The molecule has 1 atom stereocenters. The van der Waals surface area contributed by atoms with Crippen molar-refractivity contribution >= 4 is 17.8 Å². The van der Waals surface area contributed by atoms with Crippen LogP contribution in [0.4, 0.5) is 11.4 Å². The first kappa shape index (κ1) is 19.8. The number of hydrogen-bond acceptors (Lipinski definition) is 4. The number of para-hydroxylation sites is 1. The molecule has 0 saturated heterocycles. The van der Waals surface area contributed by atoms with Crippen molar-refractivity contribution in [2.75, 3.05) is 10.4 Å². The van der Waals surface area contributed by atoms with Crippen LogP contribution in [0.25, 0.3) is 0 Å². The Morgan fingerprint density at radius 3 is 2.47 bits per heavy atom. The van der Waals surface area contributed by atoms with Gasteiger partial charge in [0.05, 0.1) is 11.4 Å². The Bertz CT molecular complexity index is 1070. The summed E-state index contributed by atoms with van der Waals surface area (Å²) in [6.45, 7) is 7.87. The number of phenolic OH excluding ortho intramolecular Hbond substituents is 1. The second-order valence-corrected chi connectivity index (χ2v) is 8.04. The molecule has 1 aliphatic heterocycles. The monoisotopic (exact) mass is 402 g/mol. The Labute approximate surface area is 176 Å². The van der Waals surface area contributed by atoms with Crippen LogP contribution in [0.2, 0.25) is 0 Å². The molecule has 30 heavy (non-hydrogen) atoms. The van der Waals surface area contributed by atoms with Gasteiger partial charge in [0.15, 0.2) is 0 Å². The molecule has 0 radical (unpaired) electrons. The molecule has 0 spiro atoms. The van der Waals surface area contributed by atoms with E-state index in [0.29, 0.717) is 12.2 Å². The molecule has 1 amide bonds. The fraction of sp³-hybridized carbons (Fsp3) is 0.240.